The van der Waals surface area contributed by atoms with Crippen molar-refractivity contribution in [3.05, 3.63) is 15.8 Å². The van der Waals surface area contributed by atoms with E-state index in [2.05, 4.69) is 4.74 Å². The molecule has 1 aromatic rings. The third kappa shape index (κ3) is 2.49. The summed E-state index contributed by atoms with van der Waals surface area (Å²) >= 11 is 1.12. The van der Waals surface area contributed by atoms with Crippen molar-refractivity contribution in [1.82, 2.24) is 4.31 Å². The quantitative estimate of drug-likeness (QED) is 0.800. The Bertz CT molecular complexity index is 606. The van der Waals surface area contributed by atoms with E-state index in [1.165, 1.54) is 11.4 Å². The zero-order valence-corrected chi connectivity index (χ0v) is 13.5. The standard InChI is InChI=1S/C13H19NO4S2/c1-4-10-6-5-7-14(10)20(16,17)12-9(2)8-19-11(12)13(15)18-3/h8,10H,4-7H2,1-3H3. The van der Waals surface area contributed by atoms with Crippen molar-refractivity contribution in [1.29, 1.82) is 0 Å². The maximum absolute atomic E-state index is 12.9. The van der Waals surface area contributed by atoms with E-state index in [0.717, 1.165) is 30.6 Å². The molecule has 1 aromatic heterocycles. The molecule has 0 aromatic carbocycles. The Balaban J connectivity index is 2.49. The smallest absolute Gasteiger partial charge is 0.349 e. The van der Waals surface area contributed by atoms with Gasteiger partial charge in [-0.05, 0) is 37.1 Å². The van der Waals surface area contributed by atoms with Gasteiger partial charge >= 0.3 is 5.97 Å². The van der Waals surface area contributed by atoms with Crippen LogP contribution >= 0.6 is 11.3 Å². The number of rotatable bonds is 4. The van der Waals surface area contributed by atoms with Crippen LogP contribution in [0.15, 0.2) is 10.3 Å². The van der Waals surface area contributed by atoms with E-state index in [0.29, 0.717) is 12.1 Å². The predicted molar refractivity (Wildman–Crippen MR) is 77.6 cm³/mol. The highest BCUT2D eigenvalue weighted by atomic mass is 32.2. The van der Waals surface area contributed by atoms with Gasteiger partial charge in [0.2, 0.25) is 10.0 Å². The van der Waals surface area contributed by atoms with Crippen LogP contribution in [0.4, 0.5) is 0 Å². The molecule has 7 heteroatoms. The molecule has 2 rings (SSSR count). The van der Waals surface area contributed by atoms with Crippen LogP contribution in [-0.4, -0.2) is 38.4 Å². The van der Waals surface area contributed by atoms with Gasteiger partial charge in [0.1, 0.15) is 9.77 Å². The molecule has 1 unspecified atom stereocenters. The summed E-state index contributed by atoms with van der Waals surface area (Å²) in [5.74, 6) is -0.589. The Hall–Kier alpha value is -0.920. The average Bonchev–Trinajstić information content (AvgIpc) is 3.04. The SMILES string of the molecule is CCC1CCCN1S(=O)(=O)c1c(C)csc1C(=O)OC. The lowest BCUT2D eigenvalue weighted by Crippen LogP contribution is -2.35. The molecule has 1 saturated heterocycles. The second kappa shape index (κ2) is 5.83. The molecule has 0 bridgehead atoms. The lowest BCUT2D eigenvalue weighted by atomic mass is 10.2. The van der Waals surface area contributed by atoms with Crippen molar-refractivity contribution in [2.45, 2.75) is 44.0 Å². The number of carbonyl (C=O) groups excluding carboxylic acids is 1. The van der Waals surface area contributed by atoms with Crippen molar-refractivity contribution < 1.29 is 17.9 Å². The van der Waals surface area contributed by atoms with E-state index in [9.17, 15) is 13.2 Å². The minimum atomic E-state index is -3.63. The number of carbonyl (C=O) groups is 1. The monoisotopic (exact) mass is 317 g/mol. The van der Waals surface area contributed by atoms with Gasteiger partial charge in [-0.1, -0.05) is 6.92 Å². The van der Waals surface area contributed by atoms with Crippen molar-refractivity contribution in [3.8, 4) is 0 Å². The number of nitrogens with zero attached hydrogens (tertiary/aromatic N) is 1. The molecule has 2 heterocycles. The largest absolute Gasteiger partial charge is 0.465 e. The number of hydrogen-bond donors (Lipinski definition) is 0. The molecule has 0 radical (unpaired) electrons. The molecule has 1 atom stereocenters. The molecule has 0 aliphatic carbocycles. The van der Waals surface area contributed by atoms with Crippen LogP contribution in [0, 0.1) is 6.92 Å². The average molecular weight is 317 g/mol. The molecule has 1 aliphatic rings. The van der Waals surface area contributed by atoms with E-state index in [-0.39, 0.29) is 15.8 Å². The summed E-state index contributed by atoms with van der Waals surface area (Å²) in [6, 6.07) is 0.0322. The van der Waals surface area contributed by atoms with Gasteiger partial charge in [0.05, 0.1) is 7.11 Å². The molecule has 20 heavy (non-hydrogen) atoms. The summed E-state index contributed by atoms with van der Waals surface area (Å²) in [5.41, 5.74) is 0.608. The van der Waals surface area contributed by atoms with Crippen molar-refractivity contribution in [2.75, 3.05) is 13.7 Å². The molecule has 0 amide bonds. The Morgan fingerprint density at radius 3 is 2.85 bits per heavy atom. The second-order valence-corrected chi connectivity index (χ2v) is 7.60. The first-order chi connectivity index (χ1) is 9.43. The molecule has 1 fully saturated rings. The zero-order valence-electron chi connectivity index (χ0n) is 11.9. The summed E-state index contributed by atoms with van der Waals surface area (Å²) in [4.78, 5) is 12.1. The molecule has 112 valence electrons. The van der Waals surface area contributed by atoms with Crippen LogP contribution in [0.25, 0.3) is 0 Å². The van der Waals surface area contributed by atoms with E-state index in [1.807, 2.05) is 6.92 Å². The number of esters is 1. The number of aryl methyl sites for hydroxylation is 1. The summed E-state index contributed by atoms with van der Waals surface area (Å²) in [5, 5.41) is 1.69. The first-order valence-electron chi connectivity index (χ1n) is 6.61. The molecule has 0 saturated carbocycles. The van der Waals surface area contributed by atoms with Gasteiger partial charge in [-0.2, -0.15) is 4.31 Å². The van der Waals surface area contributed by atoms with E-state index in [4.69, 9.17) is 0 Å². The number of thiophene rings is 1. The van der Waals surface area contributed by atoms with Crippen molar-refractivity contribution in [3.63, 3.8) is 0 Å². The number of hydrogen-bond acceptors (Lipinski definition) is 5. The highest BCUT2D eigenvalue weighted by Crippen LogP contribution is 2.34. The van der Waals surface area contributed by atoms with Gasteiger partial charge in [0, 0.05) is 12.6 Å². The summed E-state index contributed by atoms with van der Waals surface area (Å²) in [7, 11) is -2.37. The fraction of sp³-hybridized carbons (Fsp3) is 0.615. The van der Waals surface area contributed by atoms with E-state index < -0.39 is 16.0 Å². The highest BCUT2D eigenvalue weighted by molar-refractivity contribution is 7.89. The third-order valence-corrected chi connectivity index (χ3v) is 7.00. The van der Waals surface area contributed by atoms with Gasteiger partial charge in [-0.3, -0.25) is 0 Å². The molecule has 5 nitrogen and oxygen atoms in total. The third-order valence-electron chi connectivity index (χ3n) is 3.65. The first kappa shape index (κ1) is 15.5. The minimum absolute atomic E-state index is 0.0322. The Labute approximate surface area is 123 Å². The topological polar surface area (TPSA) is 63.7 Å². The summed E-state index contributed by atoms with van der Waals surface area (Å²) in [6.07, 6.45) is 2.54. The van der Waals surface area contributed by atoms with Gasteiger partial charge in [0.15, 0.2) is 0 Å². The number of methoxy groups -OCH3 is 1. The Kier molecular flexibility index (Phi) is 4.51. The van der Waals surface area contributed by atoms with E-state index >= 15 is 0 Å². The zero-order chi connectivity index (χ0) is 14.9. The van der Waals surface area contributed by atoms with Gasteiger partial charge in [0.25, 0.3) is 0 Å². The van der Waals surface area contributed by atoms with Crippen molar-refractivity contribution in [2.24, 2.45) is 0 Å². The lowest BCUT2D eigenvalue weighted by molar-refractivity contribution is 0.0602. The molecular weight excluding hydrogens is 298 g/mol. The van der Waals surface area contributed by atoms with Crippen LogP contribution in [0.5, 0.6) is 0 Å². The molecule has 1 aliphatic heterocycles. The molecule has 0 spiro atoms. The normalized spacial score (nSPS) is 20.2. The van der Waals surface area contributed by atoms with Crippen LogP contribution in [0.2, 0.25) is 0 Å². The Morgan fingerprint density at radius 1 is 1.55 bits per heavy atom. The fourth-order valence-corrected chi connectivity index (χ4v) is 6.07. The van der Waals surface area contributed by atoms with Gasteiger partial charge < -0.3 is 4.74 Å². The van der Waals surface area contributed by atoms with Crippen LogP contribution < -0.4 is 0 Å². The van der Waals surface area contributed by atoms with Gasteiger partial charge in [-0.25, -0.2) is 13.2 Å². The first-order valence-corrected chi connectivity index (χ1v) is 8.93. The molecular formula is C13H19NO4S2. The van der Waals surface area contributed by atoms with Crippen LogP contribution in [0.1, 0.15) is 41.4 Å². The maximum atomic E-state index is 12.9. The van der Waals surface area contributed by atoms with Crippen LogP contribution in [0.3, 0.4) is 0 Å². The summed E-state index contributed by atoms with van der Waals surface area (Å²) in [6.45, 7) is 4.23. The molecule has 0 N–H and O–H groups in total. The predicted octanol–water partition coefficient (Wildman–Crippen LogP) is 2.41. The maximum Gasteiger partial charge on any atom is 0.349 e. The minimum Gasteiger partial charge on any atom is -0.465 e. The number of ether oxygens (including phenoxy) is 1. The highest BCUT2D eigenvalue weighted by Gasteiger charge is 2.38. The van der Waals surface area contributed by atoms with Gasteiger partial charge in [-0.15, -0.1) is 11.3 Å². The fourth-order valence-electron chi connectivity index (χ4n) is 2.64. The summed E-state index contributed by atoms with van der Waals surface area (Å²) < 4.78 is 31.9. The Morgan fingerprint density at radius 2 is 2.25 bits per heavy atom. The van der Waals surface area contributed by atoms with E-state index in [1.54, 1.807) is 12.3 Å². The van der Waals surface area contributed by atoms with Crippen molar-refractivity contribution >= 4 is 27.3 Å². The number of sulfonamides is 1. The lowest BCUT2D eigenvalue weighted by Gasteiger charge is -2.23. The van der Waals surface area contributed by atoms with Crippen LogP contribution in [-0.2, 0) is 14.8 Å². The second-order valence-electron chi connectivity index (χ2n) is 4.89.